The summed E-state index contributed by atoms with van der Waals surface area (Å²) in [5, 5.41) is 29.6. The van der Waals surface area contributed by atoms with Crippen LogP contribution in [0.2, 0.25) is 0 Å². The van der Waals surface area contributed by atoms with Crippen molar-refractivity contribution in [1.82, 2.24) is 20.2 Å². The minimum absolute atomic E-state index is 0.000985. The molecule has 0 aliphatic carbocycles. The zero-order valence-electron chi connectivity index (χ0n) is 16.8. The van der Waals surface area contributed by atoms with Crippen LogP contribution in [0.15, 0.2) is 41.8 Å². The van der Waals surface area contributed by atoms with Crippen molar-refractivity contribution in [3.63, 3.8) is 0 Å². The number of hydrogen-bond donors (Lipinski definition) is 2. The standard InChI is InChI=1S/C20H11F4N9O/c21-13-1-2-16(11(5-13)7-25)32-17(20(22,23)24)15(10-30-32)19(34)31-14-6-12(8-26)18(27-9-14)33-28-3-4-29-33/h1-3,5-6,9-10,29H,4H2,(H,31,34). The number of hydrogen-bond acceptors (Lipinski definition) is 8. The third-order valence-corrected chi connectivity index (χ3v) is 4.56. The number of hydrazone groups is 1. The third-order valence-electron chi connectivity index (χ3n) is 4.56. The van der Waals surface area contributed by atoms with Gasteiger partial charge in [-0.3, -0.25) is 4.79 Å². The lowest BCUT2D eigenvalue weighted by Crippen LogP contribution is -2.29. The smallest absolute Gasteiger partial charge is 0.320 e. The van der Waals surface area contributed by atoms with E-state index in [0.717, 1.165) is 24.4 Å². The van der Waals surface area contributed by atoms with E-state index in [4.69, 9.17) is 0 Å². The molecule has 0 saturated carbocycles. The number of nitriles is 2. The largest absolute Gasteiger partial charge is 0.434 e. The zero-order valence-corrected chi connectivity index (χ0v) is 16.8. The molecule has 3 heterocycles. The average molecular weight is 469 g/mol. The van der Waals surface area contributed by atoms with E-state index in [1.165, 1.54) is 17.4 Å². The Morgan fingerprint density at radius 1 is 1.15 bits per heavy atom. The Balaban J connectivity index is 1.71. The lowest BCUT2D eigenvalue weighted by molar-refractivity contribution is -0.143. The molecule has 3 aromatic rings. The first kappa shape index (κ1) is 22.4. The van der Waals surface area contributed by atoms with Crippen molar-refractivity contribution in [2.45, 2.75) is 6.18 Å². The highest BCUT2D eigenvalue weighted by Gasteiger charge is 2.41. The van der Waals surface area contributed by atoms with E-state index < -0.39 is 34.7 Å². The molecule has 1 aromatic carbocycles. The van der Waals surface area contributed by atoms with E-state index >= 15 is 0 Å². The van der Waals surface area contributed by atoms with Crippen LogP contribution in [0.5, 0.6) is 0 Å². The number of amides is 1. The first-order chi connectivity index (χ1) is 16.2. The summed E-state index contributed by atoms with van der Waals surface area (Å²) in [6, 6.07) is 7.29. The lowest BCUT2D eigenvalue weighted by atomic mass is 10.1. The van der Waals surface area contributed by atoms with Crippen molar-refractivity contribution in [2.24, 2.45) is 5.10 Å². The fourth-order valence-electron chi connectivity index (χ4n) is 3.15. The molecule has 0 radical (unpaired) electrons. The van der Waals surface area contributed by atoms with E-state index in [1.807, 2.05) is 6.07 Å². The van der Waals surface area contributed by atoms with Gasteiger partial charge in [0.25, 0.3) is 5.91 Å². The Kier molecular flexibility index (Phi) is 5.66. The number of nitrogens with zero attached hydrogens (tertiary/aromatic N) is 7. The molecule has 1 aliphatic heterocycles. The predicted molar refractivity (Wildman–Crippen MR) is 109 cm³/mol. The maximum atomic E-state index is 13.9. The second kappa shape index (κ2) is 8.61. The van der Waals surface area contributed by atoms with Crippen molar-refractivity contribution in [1.29, 1.82) is 10.5 Å². The molecule has 1 amide bonds. The number of carbonyl (C=O) groups excluding carboxylic acids is 1. The fourth-order valence-corrected chi connectivity index (χ4v) is 3.15. The molecule has 0 unspecified atom stereocenters. The molecule has 1 aliphatic rings. The van der Waals surface area contributed by atoms with E-state index in [1.54, 1.807) is 6.07 Å². The molecular formula is C20H11F4N9O. The number of hydrazine groups is 1. The van der Waals surface area contributed by atoms with E-state index in [9.17, 15) is 32.9 Å². The summed E-state index contributed by atoms with van der Waals surface area (Å²) in [6.07, 6.45) is -1.69. The highest BCUT2D eigenvalue weighted by Crippen LogP contribution is 2.35. The Morgan fingerprint density at radius 3 is 2.56 bits per heavy atom. The zero-order chi connectivity index (χ0) is 24.5. The Morgan fingerprint density at radius 2 is 1.91 bits per heavy atom. The summed E-state index contributed by atoms with van der Waals surface area (Å²) in [4.78, 5) is 16.8. The van der Waals surface area contributed by atoms with Crippen molar-refractivity contribution in [3.05, 3.63) is 64.9 Å². The summed E-state index contributed by atoms with van der Waals surface area (Å²) in [5.74, 6) is -1.87. The molecule has 10 nitrogen and oxygen atoms in total. The lowest BCUT2D eigenvalue weighted by Gasteiger charge is -2.15. The highest BCUT2D eigenvalue weighted by molar-refractivity contribution is 6.05. The van der Waals surface area contributed by atoms with Crippen LogP contribution < -0.4 is 15.9 Å². The monoisotopic (exact) mass is 469 g/mol. The molecule has 4 rings (SSSR count). The number of carbonyl (C=O) groups is 1. The molecule has 2 N–H and O–H groups in total. The topological polar surface area (TPSA) is 135 Å². The predicted octanol–water partition coefficient (Wildman–Crippen LogP) is 2.73. The Bertz CT molecular complexity index is 1400. The van der Waals surface area contributed by atoms with Gasteiger partial charge in [-0.05, 0) is 24.3 Å². The van der Waals surface area contributed by atoms with Crippen molar-refractivity contribution < 1.29 is 22.4 Å². The molecule has 0 saturated heterocycles. The molecule has 0 fully saturated rings. The number of nitrogens with one attached hydrogen (secondary N) is 2. The van der Waals surface area contributed by atoms with Crippen LogP contribution in [0.3, 0.4) is 0 Å². The van der Waals surface area contributed by atoms with E-state index in [-0.39, 0.29) is 22.8 Å². The third kappa shape index (κ3) is 4.13. The van der Waals surface area contributed by atoms with E-state index in [0.29, 0.717) is 17.4 Å². The van der Waals surface area contributed by atoms with Crippen molar-refractivity contribution in [3.8, 4) is 17.8 Å². The van der Waals surface area contributed by atoms with Crippen LogP contribution in [-0.2, 0) is 6.18 Å². The van der Waals surface area contributed by atoms with Gasteiger partial charge in [0.15, 0.2) is 11.5 Å². The SMILES string of the molecule is N#Cc1cc(F)ccc1-n1ncc(C(=O)Nc2cnc(N3N=CCN3)c(C#N)c2)c1C(F)(F)F. The average Bonchev–Trinajstić information content (AvgIpc) is 3.49. The van der Waals surface area contributed by atoms with Gasteiger partial charge < -0.3 is 5.32 Å². The van der Waals surface area contributed by atoms with Crippen LogP contribution in [0.25, 0.3) is 5.69 Å². The van der Waals surface area contributed by atoms with Crippen molar-refractivity contribution in [2.75, 3.05) is 17.0 Å². The normalized spacial score (nSPS) is 12.9. The number of pyridine rings is 1. The molecule has 170 valence electrons. The van der Waals surface area contributed by atoms with Gasteiger partial charge in [0.1, 0.15) is 23.5 Å². The summed E-state index contributed by atoms with van der Waals surface area (Å²) in [6.45, 7) is 0.414. The molecule has 0 atom stereocenters. The van der Waals surface area contributed by atoms with Crippen LogP contribution in [0.1, 0.15) is 27.2 Å². The Hall–Kier alpha value is -4.82. The Labute approximate surface area is 188 Å². The summed E-state index contributed by atoms with van der Waals surface area (Å²) < 4.78 is 55.5. The maximum Gasteiger partial charge on any atom is 0.434 e. The number of anilines is 2. The van der Waals surface area contributed by atoms with Gasteiger partial charge in [0, 0.05) is 6.21 Å². The number of halogens is 4. The van der Waals surface area contributed by atoms with Gasteiger partial charge in [-0.1, -0.05) is 0 Å². The quantitative estimate of drug-likeness (QED) is 0.561. The molecule has 14 heteroatoms. The number of aromatic nitrogens is 3. The van der Waals surface area contributed by atoms with Gasteiger partial charge in [-0.15, -0.1) is 0 Å². The minimum Gasteiger partial charge on any atom is -0.320 e. The van der Waals surface area contributed by atoms with E-state index in [2.05, 4.69) is 25.9 Å². The fraction of sp³-hybridized carbons (Fsp3) is 0.100. The second-order valence-corrected chi connectivity index (χ2v) is 6.72. The number of rotatable bonds is 4. The van der Waals surface area contributed by atoms with Gasteiger partial charge in [0.2, 0.25) is 0 Å². The maximum absolute atomic E-state index is 13.9. The van der Waals surface area contributed by atoms with Crippen LogP contribution >= 0.6 is 0 Å². The first-order valence-electron chi connectivity index (χ1n) is 9.35. The molecule has 34 heavy (non-hydrogen) atoms. The molecule has 0 bridgehead atoms. The van der Waals surface area contributed by atoms with Crippen LogP contribution in [-0.4, -0.2) is 33.4 Å². The minimum atomic E-state index is -5.05. The first-order valence-corrected chi connectivity index (χ1v) is 9.35. The van der Waals surface area contributed by atoms with Gasteiger partial charge in [0.05, 0.1) is 41.4 Å². The summed E-state index contributed by atoms with van der Waals surface area (Å²) >= 11 is 0. The second-order valence-electron chi connectivity index (χ2n) is 6.72. The number of benzene rings is 1. The summed E-state index contributed by atoms with van der Waals surface area (Å²) in [5.41, 5.74) is -0.307. The van der Waals surface area contributed by atoms with Gasteiger partial charge in [-0.25, -0.2) is 19.5 Å². The van der Waals surface area contributed by atoms with Crippen molar-refractivity contribution >= 4 is 23.6 Å². The molecule has 0 spiro atoms. The van der Waals surface area contributed by atoms with Crippen LogP contribution in [0, 0.1) is 28.5 Å². The van der Waals surface area contributed by atoms with Gasteiger partial charge >= 0.3 is 6.18 Å². The van der Waals surface area contributed by atoms with Gasteiger partial charge in [-0.2, -0.15) is 39.0 Å². The number of alkyl halides is 3. The molecular weight excluding hydrogens is 458 g/mol. The highest BCUT2D eigenvalue weighted by atomic mass is 19.4. The van der Waals surface area contributed by atoms with Crippen LogP contribution in [0.4, 0.5) is 29.1 Å². The molecule has 2 aromatic heterocycles. The summed E-state index contributed by atoms with van der Waals surface area (Å²) in [7, 11) is 0.